The van der Waals surface area contributed by atoms with Gasteiger partial charge in [0, 0.05) is 0 Å². The number of hydrogen-bond donors (Lipinski definition) is 2. The molecule has 0 aliphatic heterocycles. The first-order valence-corrected chi connectivity index (χ1v) is 5.07. The minimum atomic E-state index is -1.17. The second-order valence-electron chi connectivity index (χ2n) is 4.08. The number of nitrogens with zero attached hydrogens (tertiary/aromatic N) is 1. The van der Waals surface area contributed by atoms with E-state index in [9.17, 15) is 9.90 Å². The summed E-state index contributed by atoms with van der Waals surface area (Å²) in [5.41, 5.74) is 0.00762. The Kier molecular flexibility index (Phi) is 2.31. The quantitative estimate of drug-likeness (QED) is 0.794. The van der Waals surface area contributed by atoms with Crippen molar-refractivity contribution in [1.82, 2.24) is 0 Å². The molecule has 4 nitrogen and oxygen atoms in total. The third kappa shape index (κ3) is 1.41. The zero-order valence-corrected chi connectivity index (χ0v) is 8.60. The number of hydrogen-bond acceptors (Lipinski definition) is 3. The topological polar surface area (TPSA) is 81.3 Å². The second kappa shape index (κ2) is 3.53. The Morgan fingerprint density at radius 1 is 1.44 bits per heavy atom. The molecule has 0 radical (unpaired) electrons. The lowest BCUT2D eigenvalue weighted by atomic mass is 9.65. The van der Waals surface area contributed by atoms with E-state index < -0.39 is 11.4 Å². The maximum atomic E-state index is 10.9. The van der Waals surface area contributed by atoms with Crippen LogP contribution in [0.1, 0.15) is 35.2 Å². The van der Waals surface area contributed by atoms with Crippen molar-refractivity contribution >= 4 is 5.97 Å². The van der Waals surface area contributed by atoms with Gasteiger partial charge in [0.05, 0.1) is 11.5 Å². The minimum absolute atomic E-state index is 0.140. The van der Waals surface area contributed by atoms with Crippen LogP contribution in [0.2, 0.25) is 0 Å². The summed E-state index contributed by atoms with van der Waals surface area (Å²) in [5, 5.41) is 27.4. The van der Waals surface area contributed by atoms with Gasteiger partial charge < -0.3 is 10.2 Å². The van der Waals surface area contributed by atoms with E-state index in [0.29, 0.717) is 5.56 Å². The number of nitriles is 1. The summed E-state index contributed by atoms with van der Waals surface area (Å²) >= 11 is 0. The molecular weight excluding hydrogens is 206 g/mol. The van der Waals surface area contributed by atoms with Gasteiger partial charge in [0.15, 0.2) is 0 Å². The lowest BCUT2D eigenvalue weighted by Gasteiger charge is -2.35. The number of carboxylic acids is 1. The highest BCUT2D eigenvalue weighted by Crippen LogP contribution is 2.43. The molecule has 0 amide bonds. The number of phenols is 1. The number of aromatic hydroxyl groups is 1. The molecule has 0 aromatic heterocycles. The first-order valence-electron chi connectivity index (χ1n) is 5.07. The summed E-state index contributed by atoms with van der Waals surface area (Å²) in [6, 6.07) is 6.62. The van der Waals surface area contributed by atoms with Crippen molar-refractivity contribution in [2.45, 2.75) is 24.7 Å². The molecule has 4 heteroatoms. The fraction of sp³-hybridized carbons (Fsp3) is 0.333. The van der Waals surface area contributed by atoms with Crippen LogP contribution >= 0.6 is 0 Å². The van der Waals surface area contributed by atoms with Crippen LogP contribution in [0.25, 0.3) is 0 Å². The van der Waals surface area contributed by atoms with Crippen LogP contribution in [0, 0.1) is 11.3 Å². The average molecular weight is 217 g/mol. The highest BCUT2D eigenvalue weighted by molar-refractivity contribution is 5.91. The molecule has 2 rings (SSSR count). The highest BCUT2D eigenvalue weighted by Gasteiger charge is 2.39. The van der Waals surface area contributed by atoms with Gasteiger partial charge in [0.1, 0.15) is 11.3 Å². The lowest BCUT2D eigenvalue weighted by Crippen LogP contribution is -2.32. The Labute approximate surface area is 92.8 Å². The largest absolute Gasteiger partial charge is 0.507 e. The van der Waals surface area contributed by atoms with E-state index in [0.717, 1.165) is 19.3 Å². The van der Waals surface area contributed by atoms with Crippen molar-refractivity contribution in [3.63, 3.8) is 0 Å². The third-order valence-corrected chi connectivity index (χ3v) is 3.20. The predicted octanol–water partition coefficient (Wildman–Crippen LogP) is 2.04. The third-order valence-electron chi connectivity index (χ3n) is 3.20. The molecule has 1 aliphatic rings. The van der Waals surface area contributed by atoms with Crippen LogP contribution in [-0.2, 0) is 5.41 Å². The molecule has 1 fully saturated rings. The fourth-order valence-electron chi connectivity index (χ4n) is 2.00. The van der Waals surface area contributed by atoms with Gasteiger partial charge in [-0.25, -0.2) is 4.79 Å². The zero-order chi connectivity index (χ0) is 11.8. The van der Waals surface area contributed by atoms with Crippen molar-refractivity contribution in [3.05, 3.63) is 29.3 Å². The van der Waals surface area contributed by atoms with Gasteiger partial charge in [-0.3, -0.25) is 0 Å². The van der Waals surface area contributed by atoms with Crippen LogP contribution < -0.4 is 0 Å². The first kappa shape index (κ1) is 10.5. The van der Waals surface area contributed by atoms with Crippen molar-refractivity contribution in [3.8, 4) is 11.8 Å². The minimum Gasteiger partial charge on any atom is -0.507 e. The van der Waals surface area contributed by atoms with Crippen LogP contribution in [0.15, 0.2) is 18.2 Å². The Bertz CT molecular complexity index is 484. The molecule has 1 aliphatic carbocycles. The van der Waals surface area contributed by atoms with E-state index in [1.165, 1.54) is 12.1 Å². The summed E-state index contributed by atoms with van der Waals surface area (Å²) in [7, 11) is 0. The van der Waals surface area contributed by atoms with Crippen molar-refractivity contribution < 1.29 is 15.0 Å². The number of carbonyl (C=O) groups is 1. The number of carboxylic acid groups (broad SMARTS) is 1. The molecule has 1 aromatic rings. The Morgan fingerprint density at radius 3 is 2.56 bits per heavy atom. The van der Waals surface area contributed by atoms with Gasteiger partial charge in [-0.05, 0) is 37.0 Å². The van der Waals surface area contributed by atoms with E-state index in [4.69, 9.17) is 10.4 Å². The molecule has 0 atom stereocenters. The van der Waals surface area contributed by atoms with E-state index in [1.807, 2.05) is 0 Å². The van der Waals surface area contributed by atoms with Crippen molar-refractivity contribution in [2.75, 3.05) is 0 Å². The maximum Gasteiger partial charge on any atom is 0.339 e. The summed E-state index contributed by atoms with van der Waals surface area (Å²) < 4.78 is 0. The predicted molar refractivity (Wildman–Crippen MR) is 56.2 cm³/mol. The summed E-state index contributed by atoms with van der Waals surface area (Å²) in [5.74, 6) is -1.43. The number of rotatable bonds is 2. The maximum absolute atomic E-state index is 10.9. The fourth-order valence-corrected chi connectivity index (χ4v) is 2.00. The summed E-state index contributed by atoms with van der Waals surface area (Å²) in [4.78, 5) is 10.9. The van der Waals surface area contributed by atoms with Gasteiger partial charge in [0.2, 0.25) is 0 Å². The molecule has 16 heavy (non-hydrogen) atoms. The van der Waals surface area contributed by atoms with Gasteiger partial charge in [0.25, 0.3) is 0 Å². The second-order valence-corrected chi connectivity index (χ2v) is 4.08. The van der Waals surface area contributed by atoms with Crippen LogP contribution in [0.5, 0.6) is 5.75 Å². The molecule has 0 spiro atoms. The van der Waals surface area contributed by atoms with Crippen LogP contribution in [-0.4, -0.2) is 16.2 Å². The van der Waals surface area contributed by atoms with E-state index in [-0.39, 0.29) is 11.3 Å². The van der Waals surface area contributed by atoms with Gasteiger partial charge in [-0.2, -0.15) is 5.26 Å². The molecule has 0 heterocycles. The van der Waals surface area contributed by atoms with Gasteiger partial charge >= 0.3 is 5.97 Å². The zero-order valence-electron chi connectivity index (χ0n) is 8.60. The van der Waals surface area contributed by atoms with E-state index >= 15 is 0 Å². The highest BCUT2D eigenvalue weighted by atomic mass is 16.4. The van der Waals surface area contributed by atoms with E-state index in [2.05, 4.69) is 6.07 Å². The normalized spacial score (nSPS) is 17.2. The average Bonchev–Trinajstić information content (AvgIpc) is 2.19. The van der Waals surface area contributed by atoms with Gasteiger partial charge in [-0.15, -0.1) is 0 Å². The Hall–Kier alpha value is -2.02. The van der Waals surface area contributed by atoms with Crippen molar-refractivity contribution in [2.24, 2.45) is 0 Å². The molecule has 2 N–H and O–H groups in total. The van der Waals surface area contributed by atoms with Crippen LogP contribution in [0.3, 0.4) is 0 Å². The first-order chi connectivity index (χ1) is 7.59. The summed E-state index contributed by atoms with van der Waals surface area (Å²) in [6.45, 7) is 0. The molecule has 0 bridgehead atoms. The smallest absolute Gasteiger partial charge is 0.339 e. The molecular formula is C12H11NO3. The summed E-state index contributed by atoms with van der Waals surface area (Å²) in [6.07, 6.45) is 2.50. The molecule has 0 unspecified atom stereocenters. The lowest BCUT2D eigenvalue weighted by molar-refractivity contribution is 0.0693. The molecule has 82 valence electrons. The Morgan fingerprint density at radius 2 is 2.12 bits per heavy atom. The standard InChI is InChI=1S/C12H11NO3/c13-7-12(4-1-5-12)8-2-3-10(14)9(6-8)11(15)16/h2-3,6,14H,1,4-5H2,(H,15,16). The SMILES string of the molecule is N#CC1(c2ccc(O)c(C(=O)O)c2)CCC1. The number of aromatic carboxylic acids is 1. The number of benzene rings is 1. The monoisotopic (exact) mass is 217 g/mol. The van der Waals surface area contributed by atoms with Gasteiger partial charge in [-0.1, -0.05) is 6.07 Å². The molecule has 0 saturated heterocycles. The van der Waals surface area contributed by atoms with Crippen LogP contribution in [0.4, 0.5) is 0 Å². The van der Waals surface area contributed by atoms with Crippen molar-refractivity contribution in [1.29, 1.82) is 5.26 Å². The molecule has 1 aromatic carbocycles. The van der Waals surface area contributed by atoms with E-state index in [1.54, 1.807) is 6.07 Å². The Balaban J connectivity index is 2.48. The molecule has 1 saturated carbocycles.